The molecular formula is C13H13FN2O2. The smallest absolute Gasteiger partial charge is 0.354 e. The average molecular weight is 248 g/mol. The molecule has 18 heavy (non-hydrogen) atoms. The summed E-state index contributed by atoms with van der Waals surface area (Å²) in [6.45, 7) is 3.71. The van der Waals surface area contributed by atoms with Crippen molar-refractivity contribution < 1.29 is 14.3 Å². The van der Waals surface area contributed by atoms with Gasteiger partial charge in [-0.3, -0.25) is 4.68 Å². The van der Waals surface area contributed by atoms with Gasteiger partial charge in [0.2, 0.25) is 0 Å². The van der Waals surface area contributed by atoms with Crippen molar-refractivity contribution in [2.24, 2.45) is 0 Å². The van der Waals surface area contributed by atoms with Gasteiger partial charge in [0.15, 0.2) is 0 Å². The molecule has 2 aromatic rings. The van der Waals surface area contributed by atoms with Crippen LogP contribution in [0.5, 0.6) is 0 Å². The number of aromatic carboxylic acids is 1. The third-order valence-corrected chi connectivity index (χ3v) is 2.58. The Balaban J connectivity index is 2.49. The topological polar surface area (TPSA) is 55.1 Å². The van der Waals surface area contributed by atoms with E-state index in [-0.39, 0.29) is 17.6 Å². The summed E-state index contributed by atoms with van der Waals surface area (Å²) in [6.07, 6.45) is 0. The number of aromatic nitrogens is 2. The van der Waals surface area contributed by atoms with Gasteiger partial charge >= 0.3 is 5.97 Å². The summed E-state index contributed by atoms with van der Waals surface area (Å²) < 4.78 is 14.3. The standard InChI is InChI=1S/C13H13FN2O2/c1-8(2)16-12(13(17)18)7-11(15-16)9-3-5-10(14)6-4-9/h3-8H,1-2H3,(H,17,18). The summed E-state index contributed by atoms with van der Waals surface area (Å²) in [6, 6.07) is 7.25. The molecule has 0 unspecified atom stereocenters. The van der Waals surface area contributed by atoms with E-state index in [4.69, 9.17) is 5.11 Å². The van der Waals surface area contributed by atoms with E-state index in [2.05, 4.69) is 5.10 Å². The Bertz CT molecular complexity index is 573. The first-order chi connectivity index (χ1) is 8.49. The number of nitrogens with zero attached hydrogens (tertiary/aromatic N) is 2. The fourth-order valence-electron chi connectivity index (χ4n) is 1.71. The number of hydrogen-bond donors (Lipinski definition) is 1. The van der Waals surface area contributed by atoms with Crippen molar-refractivity contribution in [1.29, 1.82) is 0 Å². The monoisotopic (exact) mass is 248 g/mol. The van der Waals surface area contributed by atoms with Gasteiger partial charge in [-0.25, -0.2) is 9.18 Å². The number of carbonyl (C=O) groups is 1. The van der Waals surface area contributed by atoms with Crippen molar-refractivity contribution in [2.75, 3.05) is 0 Å². The van der Waals surface area contributed by atoms with Crippen LogP contribution in [0.3, 0.4) is 0 Å². The van der Waals surface area contributed by atoms with Gasteiger partial charge in [0.25, 0.3) is 0 Å². The molecule has 0 fully saturated rings. The Morgan fingerprint density at radius 1 is 1.33 bits per heavy atom. The lowest BCUT2D eigenvalue weighted by atomic mass is 10.1. The Morgan fingerprint density at radius 2 is 1.94 bits per heavy atom. The number of rotatable bonds is 3. The minimum atomic E-state index is -1.02. The van der Waals surface area contributed by atoms with E-state index in [9.17, 15) is 9.18 Å². The highest BCUT2D eigenvalue weighted by Gasteiger charge is 2.16. The highest BCUT2D eigenvalue weighted by Crippen LogP contribution is 2.21. The van der Waals surface area contributed by atoms with Crippen LogP contribution in [0.25, 0.3) is 11.3 Å². The molecule has 1 N–H and O–H groups in total. The first-order valence-electron chi connectivity index (χ1n) is 5.58. The maximum atomic E-state index is 12.8. The second kappa shape index (κ2) is 4.60. The number of carboxylic acids is 1. The van der Waals surface area contributed by atoms with E-state index in [1.54, 1.807) is 12.1 Å². The molecule has 0 saturated carbocycles. The largest absolute Gasteiger partial charge is 0.477 e. The lowest BCUT2D eigenvalue weighted by Crippen LogP contribution is -2.11. The van der Waals surface area contributed by atoms with Crippen molar-refractivity contribution in [3.63, 3.8) is 0 Å². The van der Waals surface area contributed by atoms with Crippen LogP contribution in [0.2, 0.25) is 0 Å². The Morgan fingerprint density at radius 3 is 2.39 bits per heavy atom. The summed E-state index contributed by atoms with van der Waals surface area (Å²) in [5.41, 5.74) is 1.35. The van der Waals surface area contributed by atoms with Crippen LogP contribution >= 0.6 is 0 Å². The molecule has 0 amide bonds. The molecule has 0 aliphatic rings. The molecule has 2 rings (SSSR count). The van der Waals surface area contributed by atoms with E-state index in [0.29, 0.717) is 11.3 Å². The van der Waals surface area contributed by atoms with Gasteiger partial charge in [0.1, 0.15) is 11.5 Å². The molecule has 0 aliphatic carbocycles. The van der Waals surface area contributed by atoms with E-state index in [0.717, 1.165) is 0 Å². The lowest BCUT2D eigenvalue weighted by molar-refractivity contribution is 0.0681. The highest BCUT2D eigenvalue weighted by molar-refractivity contribution is 5.87. The molecule has 0 radical (unpaired) electrons. The molecule has 1 heterocycles. The second-order valence-electron chi connectivity index (χ2n) is 4.27. The fourth-order valence-corrected chi connectivity index (χ4v) is 1.71. The van der Waals surface area contributed by atoms with Crippen LogP contribution in [0.1, 0.15) is 30.4 Å². The number of halogens is 1. The second-order valence-corrected chi connectivity index (χ2v) is 4.27. The molecule has 0 saturated heterocycles. The minimum absolute atomic E-state index is 0.0506. The van der Waals surface area contributed by atoms with E-state index in [1.165, 1.54) is 22.9 Å². The molecule has 1 aromatic heterocycles. The number of hydrogen-bond acceptors (Lipinski definition) is 2. The van der Waals surface area contributed by atoms with Crippen molar-refractivity contribution in [2.45, 2.75) is 19.9 Å². The van der Waals surface area contributed by atoms with Gasteiger partial charge in [-0.2, -0.15) is 5.10 Å². The molecule has 0 atom stereocenters. The summed E-state index contributed by atoms with van der Waals surface area (Å²) in [5.74, 6) is -1.36. The van der Waals surface area contributed by atoms with Crippen molar-refractivity contribution >= 4 is 5.97 Å². The van der Waals surface area contributed by atoms with Gasteiger partial charge in [0.05, 0.1) is 5.69 Å². The van der Waals surface area contributed by atoms with E-state index >= 15 is 0 Å². The van der Waals surface area contributed by atoms with Crippen LogP contribution in [0, 0.1) is 5.82 Å². The fraction of sp³-hybridized carbons (Fsp3) is 0.231. The van der Waals surface area contributed by atoms with Crippen LogP contribution in [-0.2, 0) is 0 Å². The summed E-state index contributed by atoms with van der Waals surface area (Å²) in [4.78, 5) is 11.1. The molecule has 1 aromatic carbocycles. The van der Waals surface area contributed by atoms with Crippen LogP contribution in [0.4, 0.5) is 4.39 Å². The third kappa shape index (κ3) is 2.25. The summed E-state index contributed by atoms with van der Waals surface area (Å²) >= 11 is 0. The Labute approximate surface area is 104 Å². The zero-order chi connectivity index (χ0) is 13.3. The van der Waals surface area contributed by atoms with Gasteiger partial charge < -0.3 is 5.11 Å². The first kappa shape index (κ1) is 12.3. The Hall–Kier alpha value is -2.17. The maximum absolute atomic E-state index is 12.8. The van der Waals surface area contributed by atoms with Gasteiger partial charge in [-0.05, 0) is 44.2 Å². The molecular weight excluding hydrogens is 235 g/mol. The predicted octanol–water partition coefficient (Wildman–Crippen LogP) is 2.97. The van der Waals surface area contributed by atoms with Gasteiger partial charge in [-0.15, -0.1) is 0 Å². The van der Waals surface area contributed by atoms with Crippen molar-refractivity contribution in [3.05, 3.63) is 41.8 Å². The third-order valence-electron chi connectivity index (χ3n) is 2.58. The Kier molecular flexibility index (Phi) is 3.14. The SMILES string of the molecule is CC(C)n1nc(-c2ccc(F)cc2)cc1C(=O)O. The lowest BCUT2D eigenvalue weighted by Gasteiger charge is -2.07. The highest BCUT2D eigenvalue weighted by atomic mass is 19.1. The molecule has 0 spiro atoms. The molecule has 4 nitrogen and oxygen atoms in total. The normalized spacial score (nSPS) is 10.9. The van der Waals surface area contributed by atoms with Crippen molar-refractivity contribution in [3.8, 4) is 11.3 Å². The van der Waals surface area contributed by atoms with Gasteiger partial charge in [-0.1, -0.05) is 0 Å². The number of carboxylic acid groups (broad SMARTS) is 1. The first-order valence-corrected chi connectivity index (χ1v) is 5.58. The quantitative estimate of drug-likeness (QED) is 0.908. The van der Waals surface area contributed by atoms with Crippen LogP contribution < -0.4 is 0 Å². The zero-order valence-corrected chi connectivity index (χ0v) is 10.1. The van der Waals surface area contributed by atoms with E-state index < -0.39 is 5.97 Å². The molecule has 5 heteroatoms. The van der Waals surface area contributed by atoms with E-state index in [1.807, 2.05) is 13.8 Å². The molecule has 94 valence electrons. The maximum Gasteiger partial charge on any atom is 0.354 e. The molecule has 0 bridgehead atoms. The summed E-state index contributed by atoms with van der Waals surface area (Å²) in [7, 11) is 0. The average Bonchev–Trinajstić information content (AvgIpc) is 2.75. The molecule has 0 aliphatic heterocycles. The van der Waals surface area contributed by atoms with Gasteiger partial charge in [0, 0.05) is 11.6 Å². The number of benzene rings is 1. The minimum Gasteiger partial charge on any atom is -0.477 e. The summed E-state index contributed by atoms with van der Waals surface area (Å²) in [5, 5.41) is 13.3. The predicted molar refractivity (Wildman–Crippen MR) is 65.0 cm³/mol. The zero-order valence-electron chi connectivity index (χ0n) is 10.1. The van der Waals surface area contributed by atoms with Crippen LogP contribution in [0.15, 0.2) is 30.3 Å². The van der Waals surface area contributed by atoms with Crippen molar-refractivity contribution in [1.82, 2.24) is 9.78 Å². The van der Waals surface area contributed by atoms with Crippen LogP contribution in [-0.4, -0.2) is 20.9 Å².